The zero-order chi connectivity index (χ0) is 70.7. The lowest BCUT2D eigenvalue weighted by molar-refractivity contribution is 0.793. The third-order valence-electron chi connectivity index (χ3n) is 26.6. The van der Waals surface area contributed by atoms with Crippen molar-refractivity contribution in [3.63, 3.8) is 0 Å². The van der Waals surface area contributed by atoms with E-state index in [2.05, 4.69) is 390 Å². The maximum Gasteiger partial charge on any atom is 0.252 e. The zero-order valence-corrected chi connectivity index (χ0v) is 59.2. The summed E-state index contributed by atoms with van der Waals surface area (Å²) < 4.78 is 2.59. The fraction of sp³-hybridized carbons (Fsp3) is 0.0286. The van der Waals surface area contributed by atoms with Crippen molar-refractivity contribution in [2.24, 2.45) is 0 Å². The number of aromatic nitrogens is 1. The molecule has 17 aromatic carbocycles. The fourth-order valence-corrected chi connectivity index (χ4v) is 22.9. The van der Waals surface area contributed by atoms with Crippen LogP contribution in [0.5, 0.6) is 0 Å². The van der Waals surface area contributed by atoms with Crippen molar-refractivity contribution in [1.29, 1.82) is 0 Å². The molecule has 3 spiro atoms. The van der Waals surface area contributed by atoms with Crippen LogP contribution in [0.25, 0.3) is 105 Å². The quantitative estimate of drug-likeness (QED) is 0.163. The third-order valence-corrected chi connectivity index (χ3v) is 26.6. The van der Waals surface area contributed by atoms with Crippen molar-refractivity contribution >= 4 is 79.0 Å². The van der Waals surface area contributed by atoms with E-state index in [1.165, 1.54) is 177 Å². The number of hydrogen-bond acceptors (Lipinski definition) is 2. The molecule has 109 heavy (non-hydrogen) atoms. The summed E-state index contributed by atoms with van der Waals surface area (Å²) in [4.78, 5) is 5.59. The van der Waals surface area contributed by atoms with Crippen LogP contribution in [0.2, 0.25) is 0 Å². The average molecular weight is 1380 g/mol. The predicted molar refractivity (Wildman–Crippen MR) is 449 cm³/mol. The highest BCUT2D eigenvalue weighted by atomic mass is 15.2. The standard InChI is InChI=1S/C105H62BN3/c1-2-28-63(29-3-1)64-56-59-93-90(60-64)106-89-58-57-88-99(77-40-12-23-50-86(77)104(88)80-44-17-6-32-68(80)69-33-7-18-45-81(69)104)102(89)109(94-54-27-51-87-98(94)76-39-11-22-49-85(76)103(87)78-42-15-4-30-66(78)67-31-5-16-43-79(67)103)97-62-65(107-91-52-24-13-37-73(91)74-38-14-25-53-92(74)107)61-96(101(97)106)108(93)95-55-26-41-75-72-36-10-21-48-84(72)105(100(75)95)82-46-19-8-34-70(82)71-35-9-20-47-83(71)105/h1-62H. The van der Waals surface area contributed by atoms with Crippen molar-refractivity contribution in [2.75, 3.05) is 9.80 Å². The third kappa shape index (κ3) is 6.88. The summed E-state index contributed by atoms with van der Waals surface area (Å²) in [6, 6.07) is 146. The summed E-state index contributed by atoms with van der Waals surface area (Å²) in [5, 5.41) is 2.44. The van der Waals surface area contributed by atoms with Crippen LogP contribution in [0.1, 0.15) is 66.8 Å². The van der Waals surface area contributed by atoms with Gasteiger partial charge >= 0.3 is 0 Å². The van der Waals surface area contributed by atoms with E-state index in [0.29, 0.717) is 0 Å². The first-order valence-corrected chi connectivity index (χ1v) is 38.4. The predicted octanol–water partition coefficient (Wildman–Crippen LogP) is 23.6. The number of fused-ring (bicyclic) bond motifs is 38. The lowest BCUT2D eigenvalue weighted by atomic mass is 9.33. The lowest BCUT2D eigenvalue weighted by Crippen LogP contribution is -2.61. The number of nitrogens with zero attached hydrogens (tertiary/aromatic N) is 3. The molecule has 2 aliphatic heterocycles. The van der Waals surface area contributed by atoms with Crippen LogP contribution in [0.3, 0.4) is 0 Å². The van der Waals surface area contributed by atoms with Crippen molar-refractivity contribution in [2.45, 2.75) is 16.2 Å². The van der Waals surface area contributed by atoms with E-state index in [0.717, 1.165) is 45.2 Å². The second-order valence-corrected chi connectivity index (χ2v) is 31.0. The topological polar surface area (TPSA) is 11.4 Å². The second-order valence-electron chi connectivity index (χ2n) is 31.0. The molecule has 3 nitrogen and oxygen atoms in total. The van der Waals surface area contributed by atoms with Crippen LogP contribution in [-0.2, 0) is 16.2 Å². The molecule has 4 heteroatoms. The maximum absolute atomic E-state index is 2.84. The van der Waals surface area contributed by atoms with Gasteiger partial charge in [-0.2, -0.15) is 0 Å². The molecule has 0 amide bonds. The number of benzene rings is 17. The lowest BCUT2D eigenvalue weighted by Gasteiger charge is -2.46. The highest BCUT2D eigenvalue weighted by Gasteiger charge is 2.59. The summed E-state index contributed by atoms with van der Waals surface area (Å²) in [7, 11) is 0. The summed E-state index contributed by atoms with van der Waals surface area (Å²) in [6.07, 6.45) is 0. The molecule has 1 aromatic heterocycles. The SMILES string of the molecule is c1ccc(-c2ccc3c(c2)B2c4ccc5c(c4N(c4cccc6c4-c4ccccc4C64c6ccccc6-c6ccccc64)c4cc(-n6c7ccccc7c7ccccc76)cc(c42)N3c2cccc3c2C2(c4ccccc4-c4ccccc42)c2ccccc2-3)-c2ccccc2C52c3ccccc3-c3ccccc32)cc1. The van der Waals surface area contributed by atoms with Gasteiger partial charge in [0.1, 0.15) is 0 Å². The highest BCUT2D eigenvalue weighted by Crippen LogP contribution is 2.70. The Morgan fingerprint density at radius 3 is 1.13 bits per heavy atom. The first-order chi connectivity index (χ1) is 54.1. The number of hydrogen-bond donors (Lipinski definition) is 0. The van der Waals surface area contributed by atoms with Gasteiger partial charge in [-0.05, 0) is 187 Å². The van der Waals surface area contributed by atoms with Crippen molar-refractivity contribution < 1.29 is 0 Å². The summed E-state index contributed by atoms with van der Waals surface area (Å²) in [5.74, 6) is 0. The Balaban J connectivity index is 0.861. The van der Waals surface area contributed by atoms with E-state index in [1.54, 1.807) is 0 Å². The van der Waals surface area contributed by atoms with Crippen molar-refractivity contribution in [3.8, 4) is 83.6 Å². The van der Waals surface area contributed by atoms with Crippen molar-refractivity contribution in [1.82, 2.24) is 4.57 Å². The maximum atomic E-state index is 2.84. The van der Waals surface area contributed by atoms with E-state index in [-0.39, 0.29) is 6.71 Å². The molecular formula is C105H62BN3. The van der Waals surface area contributed by atoms with Gasteiger partial charge in [0.2, 0.25) is 0 Å². The van der Waals surface area contributed by atoms with Crippen LogP contribution >= 0.6 is 0 Å². The monoisotopic (exact) mass is 1380 g/mol. The Morgan fingerprint density at radius 1 is 0.220 bits per heavy atom. The Morgan fingerprint density at radius 2 is 0.606 bits per heavy atom. The summed E-state index contributed by atoms with van der Waals surface area (Å²) in [6.45, 7) is -0.282. The minimum Gasteiger partial charge on any atom is -0.311 e. The van der Waals surface area contributed by atoms with Crippen LogP contribution in [0, 0.1) is 0 Å². The van der Waals surface area contributed by atoms with Crippen LogP contribution in [0.4, 0.5) is 34.1 Å². The van der Waals surface area contributed by atoms with Gasteiger partial charge in [0.15, 0.2) is 0 Å². The van der Waals surface area contributed by atoms with E-state index in [4.69, 9.17) is 0 Å². The van der Waals surface area contributed by atoms with Crippen LogP contribution in [-0.4, -0.2) is 11.3 Å². The molecule has 6 aliphatic carbocycles. The van der Waals surface area contributed by atoms with E-state index in [9.17, 15) is 0 Å². The first kappa shape index (κ1) is 58.5. The molecule has 3 heterocycles. The molecule has 500 valence electrons. The van der Waals surface area contributed by atoms with Crippen LogP contribution in [0.15, 0.2) is 376 Å². The van der Waals surface area contributed by atoms with Gasteiger partial charge in [-0.15, -0.1) is 0 Å². The van der Waals surface area contributed by atoms with Crippen LogP contribution < -0.4 is 26.2 Å². The summed E-state index contributed by atoms with van der Waals surface area (Å²) in [5.41, 5.74) is 45.6. The Bertz CT molecular complexity index is 6960. The molecular weight excluding hydrogens is 1310 g/mol. The van der Waals surface area contributed by atoms with Gasteiger partial charge in [-0.25, -0.2) is 0 Å². The minimum absolute atomic E-state index is 0.282. The van der Waals surface area contributed by atoms with Gasteiger partial charge in [-0.3, -0.25) is 0 Å². The average Bonchev–Trinajstić information content (AvgIpc) is 1.54. The van der Waals surface area contributed by atoms with Gasteiger partial charge < -0.3 is 14.4 Å². The summed E-state index contributed by atoms with van der Waals surface area (Å²) >= 11 is 0. The normalized spacial score (nSPS) is 15.0. The molecule has 0 atom stereocenters. The molecule has 0 radical (unpaired) electrons. The van der Waals surface area contributed by atoms with Gasteiger partial charge in [0, 0.05) is 50.2 Å². The Kier molecular flexibility index (Phi) is 11.2. The smallest absolute Gasteiger partial charge is 0.252 e. The molecule has 0 saturated heterocycles. The molecule has 0 bridgehead atoms. The first-order valence-electron chi connectivity index (χ1n) is 38.4. The van der Waals surface area contributed by atoms with Gasteiger partial charge in [0.25, 0.3) is 6.71 Å². The molecule has 0 fully saturated rings. The number of rotatable bonds is 4. The van der Waals surface area contributed by atoms with E-state index < -0.39 is 16.2 Å². The molecule has 0 unspecified atom stereocenters. The Labute approximate surface area is 631 Å². The molecule has 26 rings (SSSR count). The fourth-order valence-electron chi connectivity index (χ4n) is 22.9. The Hall–Kier alpha value is -13.8. The molecule has 0 saturated carbocycles. The van der Waals surface area contributed by atoms with Crippen molar-refractivity contribution in [3.05, 3.63) is 443 Å². The number of anilines is 6. The van der Waals surface area contributed by atoms with E-state index in [1.807, 2.05) is 0 Å². The molecule has 8 aliphatic rings. The zero-order valence-electron chi connectivity index (χ0n) is 59.2. The number of para-hydroxylation sites is 2. The second kappa shape index (κ2) is 20.8. The largest absolute Gasteiger partial charge is 0.311 e. The van der Waals surface area contributed by atoms with Gasteiger partial charge in [0.05, 0.1) is 44.3 Å². The molecule has 0 N–H and O–H groups in total. The molecule has 18 aromatic rings. The highest BCUT2D eigenvalue weighted by molar-refractivity contribution is 7.00. The minimum atomic E-state index is -0.674. The van der Waals surface area contributed by atoms with Gasteiger partial charge in [-0.1, -0.05) is 334 Å². The van der Waals surface area contributed by atoms with E-state index >= 15 is 0 Å².